The highest BCUT2D eigenvalue weighted by Gasteiger charge is 2.21. The summed E-state index contributed by atoms with van der Waals surface area (Å²) in [4.78, 5) is 22.2. The molecule has 1 aliphatic carbocycles. The van der Waals surface area contributed by atoms with Crippen molar-refractivity contribution in [2.45, 2.75) is 64.8 Å². The average Bonchev–Trinajstić information content (AvgIpc) is 2.26. The minimum atomic E-state index is -0.808. The van der Waals surface area contributed by atoms with E-state index in [0.29, 0.717) is 18.8 Å². The summed E-state index contributed by atoms with van der Waals surface area (Å²) in [7, 11) is 0. The molecule has 0 bridgehead atoms. The van der Waals surface area contributed by atoms with Crippen LogP contribution in [0.5, 0.6) is 0 Å². The number of carbonyl (C=O) groups is 2. The van der Waals surface area contributed by atoms with Gasteiger partial charge in [-0.3, -0.25) is 9.59 Å². The number of carboxylic acids is 1. The van der Waals surface area contributed by atoms with E-state index in [0.717, 1.165) is 18.8 Å². The summed E-state index contributed by atoms with van der Waals surface area (Å²) >= 11 is 0. The molecule has 0 heterocycles. The van der Waals surface area contributed by atoms with E-state index in [-0.39, 0.29) is 18.4 Å². The van der Waals surface area contributed by atoms with Crippen LogP contribution in [-0.4, -0.2) is 23.0 Å². The maximum Gasteiger partial charge on any atom is 0.303 e. The van der Waals surface area contributed by atoms with E-state index < -0.39 is 5.97 Å². The summed E-state index contributed by atoms with van der Waals surface area (Å²) in [6.45, 7) is 4.11. The zero-order valence-electron chi connectivity index (χ0n) is 11.4. The van der Waals surface area contributed by atoms with E-state index in [1.165, 1.54) is 12.8 Å². The molecule has 1 aliphatic rings. The molecule has 2 N–H and O–H groups in total. The van der Waals surface area contributed by atoms with Crippen LogP contribution in [0.1, 0.15) is 58.8 Å². The fourth-order valence-electron chi connectivity index (χ4n) is 2.75. The number of carboxylic acid groups (broad SMARTS) is 1. The molecule has 3 unspecified atom stereocenters. The first kappa shape index (κ1) is 15.0. The second-order valence-electron chi connectivity index (χ2n) is 5.74. The van der Waals surface area contributed by atoms with Crippen molar-refractivity contribution >= 4 is 11.9 Å². The second kappa shape index (κ2) is 7.39. The van der Waals surface area contributed by atoms with Crippen LogP contribution in [0.3, 0.4) is 0 Å². The van der Waals surface area contributed by atoms with Gasteiger partial charge in [0.25, 0.3) is 0 Å². The quantitative estimate of drug-likeness (QED) is 0.766. The third-order valence-electron chi connectivity index (χ3n) is 3.72. The molecule has 0 aromatic heterocycles. The Labute approximate surface area is 109 Å². The van der Waals surface area contributed by atoms with Gasteiger partial charge in [-0.2, -0.15) is 0 Å². The number of amides is 1. The fourth-order valence-corrected chi connectivity index (χ4v) is 2.75. The maximum atomic E-state index is 11.8. The first-order valence-corrected chi connectivity index (χ1v) is 6.98. The lowest BCUT2D eigenvalue weighted by atomic mass is 9.81. The SMILES string of the molecule is CC1CCCC(CC(=O)NC(C)CCC(=O)O)C1. The Balaban J connectivity index is 2.21. The number of nitrogens with one attached hydrogen (secondary N) is 1. The molecule has 0 aliphatic heterocycles. The standard InChI is InChI=1S/C14H25NO3/c1-10-4-3-5-12(8-10)9-13(16)15-11(2)6-7-14(17)18/h10-12H,3-9H2,1-2H3,(H,15,16)(H,17,18). The molecule has 0 radical (unpaired) electrons. The normalized spacial score (nSPS) is 25.4. The summed E-state index contributed by atoms with van der Waals surface area (Å²) < 4.78 is 0. The van der Waals surface area contributed by atoms with Gasteiger partial charge in [-0.1, -0.05) is 19.8 Å². The van der Waals surface area contributed by atoms with E-state index in [9.17, 15) is 9.59 Å². The smallest absolute Gasteiger partial charge is 0.303 e. The molecule has 1 rings (SSSR count). The summed E-state index contributed by atoms with van der Waals surface area (Å²) in [6.07, 6.45) is 6.03. The molecule has 4 heteroatoms. The van der Waals surface area contributed by atoms with Crippen LogP contribution in [0.2, 0.25) is 0 Å². The summed E-state index contributed by atoms with van der Waals surface area (Å²) in [6, 6.07) is -0.0467. The topological polar surface area (TPSA) is 66.4 Å². The van der Waals surface area contributed by atoms with Gasteiger partial charge in [-0.15, -0.1) is 0 Å². The number of carbonyl (C=O) groups excluding carboxylic acids is 1. The molecule has 1 fully saturated rings. The zero-order valence-corrected chi connectivity index (χ0v) is 11.4. The maximum absolute atomic E-state index is 11.8. The van der Waals surface area contributed by atoms with Gasteiger partial charge < -0.3 is 10.4 Å². The lowest BCUT2D eigenvalue weighted by Gasteiger charge is -2.26. The minimum absolute atomic E-state index is 0.0467. The number of rotatable bonds is 6. The third kappa shape index (κ3) is 6.03. The van der Waals surface area contributed by atoms with Crippen molar-refractivity contribution < 1.29 is 14.7 Å². The van der Waals surface area contributed by atoms with Gasteiger partial charge in [-0.25, -0.2) is 0 Å². The first-order chi connectivity index (χ1) is 8.47. The van der Waals surface area contributed by atoms with E-state index in [4.69, 9.17) is 5.11 Å². The van der Waals surface area contributed by atoms with E-state index in [1.54, 1.807) is 0 Å². The van der Waals surface area contributed by atoms with Crippen molar-refractivity contribution in [3.63, 3.8) is 0 Å². The highest BCUT2D eigenvalue weighted by atomic mass is 16.4. The van der Waals surface area contributed by atoms with Crippen molar-refractivity contribution in [2.75, 3.05) is 0 Å². The van der Waals surface area contributed by atoms with Crippen LogP contribution in [0.25, 0.3) is 0 Å². The van der Waals surface area contributed by atoms with Crippen LogP contribution in [-0.2, 0) is 9.59 Å². The van der Waals surface area contributed by atoms with Crippen LogP contribution in [0.4, 0.5) is 0 Å². The van der Waals surface area contributed by atoms with Gasteiger partial charge in [-0.05, 0) is 38.0 Å². The van der Waals surface area contributed by atoms with Gasteiger partial charge >= 0.3 is 5.97 Å². The second-order valence-corrected chi connectivity index (χ2v) is 5.74. The van der Waals surface area contributed by atoms with E-state index >= 15 is 0 Å². The van der Waals surface area contributed by atoms with Gasteiger partial charge in [0.1, 0.15) is 0 Å². The molecule has 4 nitrogen and oxygen atoms in total. The Hall–Kier alpha value is -1.06. The Morgan fingerprint density at radius 1 is 1.39 bits per heavy atom. The van der Waals surface area contributed by atoms with Crippen LogP contribution < -0.4 is 5.32 Å². The molecule has 0 saturated heterocycles. The molecule has 0 aromatic carbocycles. The average molecular weight is 255 g/mol. The summed E-state index contributed by atoms with van der Waals surface area (Å²) in [5, 5.41) is 11.5. The monoisotopic (exact) mass is 255 g/mol. The summed E-state index contributed by atoms with van der Waals surface area (Å²) in [5.74, 6) is 0.519. The molecule has 0 aromatic rings. The minimum Gasteiger partial charge on any atom is -0.481 e. The van der Waals surface area contributed by atoms with E-state index in [2.05, 4.69) is 12.2 Å². The molecule has 104 valence electrons. The molecule has 18 heavy (non-hydrogen) atoms. The van der Waals surface area contributed by atoms with Crippen molar-refractivity contribution in [3.05, 3.63) is 0 Å². The number of hydrogen-bond acceptors (Lipinski definition) is 2. The molecule has 0 spiro atoms. The predicted octanol–water partition coefficient (Wildman–Crippen LogP) is 2.57. The van der Waals surface area contributed by atoms with Gasteiger partial charge in [0.15, 0.2) is 0 Å². The summed E-state index contributed by atoms with van der Waals surface area (Å²) in [5.41, 5.74) is 0. The predicted molar refractivity (Wildman–Crippen MR) is 70.2 cm³/mol. The van der Waals surface area contributed by atoms with Crippen molar-refractivity contribution in [3.8, 4) is 0 Å². The van der Waals surface area contributed by atoms with Crippen molar-refractivity contribution in [1.29, 1.82) is 0 Å². The first-order valence-electron chi connectivity index (χ1n) is 6.98. The highest BCUT2D eigenvalue weighted by molar-refractivity contribution is 5.76. The number of aliphatic carboxylic acids is 1. The third-order valence-corrected chi connectivity index (χ3v) is 3.72. The largest absolute Gasteiger partial charge is 0.481 e. The van der Waals surface area contributed by atoms with Gasteiger partial charge in [0.05, 0.1) is 0 Å². The molecular formula is C14H25NO3. The lowest BCUT2D eigenvalue weighted by Crippen LogP contribution is -2.34. The molecule has 1 amide bonds. The zero-order chi connectivity index (χ0) is 13.5. The van der Waals surface area contributed by atoms with Crippen LogP contribution in [0, 0.1) is 11.8 Å². The lowest BCUT2D eigenvalue weighted by molar-refractivity contribution is -0.137. The molecular weight excluding hydrogens is 230 g/mol. The van der Waals surface area contributed by atoms with Crippen molar-refractivity contribution in [1.82, 2.24) is 5.32 Å². The van der Waals surface area contributed by atoms with Crippen LogP contribution >= 0.6 is 0 Å². The highest BCUT2D eigenvalue weighted by Crippen LogP contribution is 2.30. The van der Waals surface area contributed by atoms with E-state index in [1.807, 2.05) is 6.92 Å². The molecule has 3 atom stereocenters. The Bertz CT molecular complexity index is 291. The van der Waals surface area contributed by atoms with Crippen molar-refractivity contribution in [2.24, 2.45) is 11.8 Å². The number of hydrogen-bond donors (Lipinski definition) is 2. The van der Waals surface area contributed by atoms with Gasteiger partial charge in [0, 0.05) is 18.9 Å². The Morgan fingerprint density at radius 2 is 2.11 bits per heavy atom. The fraction of sp³-hybridized carbons (Fsp3) is 0.857. The molecule has 1 saturated carbocycles. The van der Waals surface area contributed by atoms with Crippen LogP contribution in [0.15, 0.2) is 0 Å². The Morgan fingerprint density at radius 3 is 2.72 bits per heavy atom. The Kier molecular flexibility index (Phi) is 6.16. The van der Waals surface area contributed by atoms with Gasteiger partial charge in [0.2, 0.25) is 5.91 Å².